The molecular formula is C12H10Br2N2O. The highest BCUT2D eigenvalue weighted by Crippen LogP contribution is 2.33. The van der Waals surface area contributed by atoms with Gasteiger partial charge in [-0.2, -0.15) is 0 Å². The highest BCUT2D eigenvalue weighted by molar-refractivity contribution is 9.11. The average Bonchev–Trinajstić information content (AvgIpc) is 2.30. The lowest BCUT2D eigenvalue weighted by Gasteiger charge is -2.09. The van der Waals surface area contributed by atoms with Crippen molar-refractivity contribution in [3.63, 3.8) is 0 Å². The van der Waals surface area contributed by atoms with Crippen molar-refractivity contribution in [1.29, 1.82) is 0 Å². The Morgan fingerprint density at radius 2 is 2.06 bits per heavy atom. The minimum absolute atomic E-state index is 0.539. The molecule has 5 heteroatoms. The van der Waals surface area contributed by atoms with E-state index in [1.807, 2.05) is 25.1 Å². The van der Waals surface area contributed by atoms with Gasteiger partial charge in [0.15, 0.2) is 0 Å². The Hall–Kier alpha value is -1.07. The number of nitrogens with two attached hydrogens (primary N) is 1. The van der Waals surface area contributed by atoms with E-state index >= 15 is 0 Å². The average molecular weight is 358 g/mol. The molecule has 1 heterocycles. The number of aryl methyl sites for hydroxylation is 1. The summed E-state index contributed by atoms with van der Waals surface area (Å²) in [7, 11) is 0. The third kappa shape index (κ3) is 2.79. The van der Waals surface area contributed by atoms with Crippen molar-refractivity contribution < 1.29 is 4.74 Å². The molecule has 0 unspecified atom stereocenters. The van der Waals surface area contributed by atoms with Crippen LogP contribution in [-0.4, -0.2) is 4.98 Å². The molecule has 0 aliphatic heterocycles. The van der Waals surface area contributed by atoms with E-state index in [1.54, 1.807) is 12.3 Å². The molecule has 17 heavy (non-hydrogen) atoms. The van der Waals surface area contributed by atoms with Crippen LogP contribution in [-0.2, 0) is 0 Å². The first-order valence-corrected chi connectivity index (χ1v) is 6.50. The van der Waals surface area contributed by atoms with Gasteiger partial charge in [-0.1, -0.05) is 6.07 Å². The van der Waals surface area contributed by atoms with Gasteiger partial charge in [0.2, 0.25) is 5.88 Å². The van der Waals surface area contributed by atoms with Crippen molar-refractivity contribution in [2.45, 2.75) is 6.92 Å². The number of nitrogen functional groups attached to an aromatic ring is 1. The Morgan fingerprint density at radius 1 is 1.29 bits per heavy atom. The molecule has 88 valence electrons. The summed E-state index contributed by atoms with van der Waals surface area (Å²) >= 11 is 6.78. The van der Waals surface area contributed by atoms with Gasteiger partial charge in [-0.3, -0.25) is 0 Å². The topological polar surface area (TPSA) is 48.1 Å². The van der Waals surface area contributed by atoms with E-state index in [9.17, 15) is 0 Å². The van der Waals surface area contributed by atoms with Gasteiger partial charge in [-0.25, -0.2) is 4.98 Å². The van der Waals surface area contributed by atoms with E-state index in [-0.39, 0.29) is 0 Å². The molecule has 0 aliphatic rings. The zero-order valence-electron chi connectivity index (χ0n) is 9.08. The number of ether oxygens (including phenoxy) is 1. The van der Waals surface area contributed by atoms with E-state index in [0.29, 0.717) is 17.3 Å². The summed E-state index contributed by atoms with van der Waals surface area (Å²) in [5.41, 5.74) is 7.47. The first-order valence-electron chi connectivity index (χ1n) is 4.92. The first kappa shape index (κ1) is 12.4. The molecule has 0 saturated carbocycles. The lowest BCUT2D eigenvalue weighted by atomic mass is 10.3. The van der Waals surface area contributed by atoms with Crippen molar-refractivity contribution in [2.24, 2.45) is 0 Å². The van der Waals surface area contributed by atoms with Crippen LogP contribution in [0.25, 0.3) is 0 Å². The standard InChI is InChI=1S/C12H10Br2N2O/c1-7-5-11(16-6-8(7)13)17-10-4-2-3-9(15)12(10)14/h2-6H,15H2,1H3. The number of anilines is 1. The second-order valence-corrected chi connectivity index (χ2v) is 5.18. The Bertz CT molecular complexity index is 558. The number of halogens is 2. The first-order chi connectivity index (χ1) is 8.08. The van der Waals surface area contributed by atoms with E-state index in [4.69, 9.17) is 10.5 Å². The summed E-state index contributed by atoms with van der Waals surface area (Å²) in [6.45, 7) is 1.98. The quantitative estimate of drug-likeness (QED) is 0.815. The van der Waals surface area contributed by atoms with E-state index in [0.717, 1.165) is 14.5 Å². The van der Waals surface area contributed by atoms with Crippen molar-refractivity contribution in [1.82, 2.24) is 4.98 Å². The number of rotatable bonds is 2. The second kappa shape index (κ2) is 5.06. The fourth-order valence-electron chi connectivity index (χ4n) is 1.29. The van der Waals surface area contributed by atoms with Crippen LogP contribution in [0.3, 0.4) is 0 Å². The van der Waals surface area contributed by atoms with Crippen molar-refractivity contribution in [3.05, 3.63) is 45.0 Å². The summed E-state index contributed by atoms with van der Waals surface area (Å²) in [5, 5.41) is 0. The van der Waals surface area contributed by atoms with E-state index in [1.165, 1.54) is 0 Å². The van der Waals surface area contributed by atoms with Crippen LogP contribution in [0.5, 0.6) is 11.6 Å². The van der Waals surface area contributed by atoms with Crippen LogP contribution in [0, 0.1) is 6.92 Å². The fourth-order valence-corrected chi connectivity index (χ4v) is 1.85. The monoisotopic (exact) mass is 356 g/mol. The van der Waals surface area contributed by atoms with Crippen LogP contribution < -0.4 is 10.5 Å². The molecule has 2 rings (SSSR count). The molecule has 0 fully saturated rings. The lowest BCUT2D eigenvalue weighted by molar-refractivity contribution is 0.460. The SMILES string of the molecule is Cc1cc(Oc2cccc(N)c2Br)ncc1Br. The highest BCUT2D eigenvalue weighted by atomic mass is 79.9. The normalized spacial score (nSPS) is 10.3. The number of benzene rings is 1. The smallest absolute Gasteiger partial charge is 0.219 e. The number of hydrogen-bond acceptors (Lipinski definition) is 3. The third-order valence-corrected chi connectivity index (χ3v) is 3.91. The van der Waals surface area contributed by atoms with Crippen LogP contribution >= 0.6 is 31.9 Å². The summed E-state index contributed by atoms with van der Waals surface area (Å²) in [4.78, 5) is 4.17. The summed E-state index contributed by atoms with van der Waals surface area (Å²) in [5.74, 6) is 1.19. The maximum atomic E-state index is 5.77. The molecular weight excluding hydrogens is 348 g/mol. The molecule has 0 amide bonds. The molecule has 0 saturated heterocycles. The predicted molar refractivity (Wildman–Crippen MR) is 75.3 cm³/mol. The van der Waals surface area contributed by atoms with Gasteiger partial charge in [-0.15, -0.1) is 0 Å². The number of hydrogen-bond donors (Lipinski definition) is 1. The Balaban J connectivity index is 2.31. The van der Waals surface area contributed by atoms with Gasteiger partial charge in [0, 0.05) is 22.4 Å². The summed E-state index contributed by atoms with van der Waals surface area (Å²) in [6.07, 6.45) is 1.71. The Labute approximate surface area is 116 Å². The largest absolute Gasteiger partial charge is 0.438 e. The van der Waals surface area contributed by atoms with Gasteiger partial charge in [-0.05, 0) is 56.5 Å². The third-order valence-electron chi connectivity index (χ3n) is 2.23. The number of pyridine rings is 1. The molecule has 2 N–H and O–H groups in total. The fraction of sp³-hybridized carbons (Fsp3) is 0.0833. The summed E-state index contributed by atoms with van der Waals surface area (Å²) in [6, 6.07) is 7.33. The van der Waals surface area contributed by atoms with Gasteiger partial charge in [0.1, 0.15) is 5.75 Å². The van der Waals surface area contributed by atoms with Crippen molar-refractivity contribution in [3.8, 4) is 11.6 Å². The molecule has 0 radical (unpaired) electrons. The Morgan fingerprint density at radius 3 is 2.76 bits per heavy atom. The van der Waals surface area contributed by atoms with Crippen molar-refractivity contribution in [2.75, 3.05) is 5.73 Å². The van der Waals surface area contributed by atoms with Gasteiger partial charge < -0.3 is 10.5 Å². The molecule has 0 aliphatic carbocycles. The molecule has 1 aromatic carbocycles. The maximum absolute atomic E-state index is 5.77. The molecule has 0 bridgehead atoms. The molecule has 0 spiro atoms. The highest BCUT2D eigenvalue weighted by Gasteiger charge is 2.07. The summed E-state index contributed by atoms with van der Waals surface area (Å²) < 4.78 is 7.36. The molecule has 1 aromatic heterocycles. The second-order valence-electron chi connectivity index (χ2n) is 3.53. The Kier molecular flexibility index (Phi) is 3.69. The number of nitrogens with zero attached hydrogens (tertiary/aromatic N) is 1. The van der Waals surface area contributed by atoms with E-state index < -0.39 is 0 Å². The van der Waals surface area contributed by atoms with Gasteiger partial charge >= 0.3 is 0 Å². The number of aromatic nitrogens is 1. The minimum Gasteiger partial charge on any atom is -0.438 e. The van der Waals surface area contributed by atoms with Crippen LogP contribution in [0.15, 0.2) is 39.4 Å². The van der Waals surface area contributed by atoms with Gasteiger partial charge in [0.25, 0.3) is 0 Å². The van der Waals surface area contributed by atoms with Crippen LogP contribution in [0.4, 0.5) is 5.69 Å². The molecule has 3 nitrogen and oxygen atoms in total. The van der Waals surface area contributed by atoms with Gasteiger partial charge in [0.05, 0.1) is 4.47 Å². The zero-order chi connectivity index (χ0) is 12.4. The maximum Gasteiger partial charge on any atom is 0.219 e. The molecule has 0 atom stereocenters. The minimum atomic E-state index is 0.539. The van der Waals surface area contributed by atoms with Crippen molar-refractivity contribution >= 4 is 37.5 Å². The zero-order valence-corrected chi connectivity index (χ0v) is 12.2. The molecule has 2 aromatic rings. The van der Waals surface area contributed by atoms with Crippen LogP contribution in [0.2, 0.25) is 0 Å². The lowest BCUT2D eigenvalue weighted by Crippen LogP contribution is -1.93. The predicted octanol–water partition coefficient (Wildman–Crippen LogP) is 4.29. The van der Waals surface area contributed by atoms with E-state index in [2.05, 4.69) is 36.8 Å². The van der Waals surface area contributed by atoms with Crippen LogP contribution in [0.1, 0.15) is 5.56 Å².